The summed E-state index contributed by atoms with van der Waals surface area (Å²) >= 11 is 5.92. The van der Waals surface area contributed by atoms with Gasteiger partial charge in [-0.15, -0.1) is 0 Å². The van der Waals surface area contributed by atoms with Crippen molar-refractivity contribution in [3.63, 3.8) is 0 Å². The maximum absolute atomic E-state index is 13.4. The highest BCUT2D eigenvalue weighted by molar-refractivity contribution is 6.29. The van der Waals surface area contributed by atoms with Crippen LogP contribution in [0.15, 0.2) is 53.5 Å². The number of fused-ring (bicyclic) bond motifs is 1. The van der Waals surface area contributed by atoms with Gasteiger partial charge in [0.2, 0.25) is 0 Å². The minimum absolute atomic E-state index is 0.00216. The van der Waals surface area contributed by atoms with E-state index in [0.717, 1.165) is 30.7 Å². The van der Waals surface area contributed by atoms with Crippen LogP contribution >= 0.6 is 11.6 Å². The molecular weight excluding hydrogens is 350 g/mol. The van der Waals surface area contributed by atoms with Crippen molar-refractivity contribution >= 4 is 11.6 Å². The molecule has 0 radical (unpaired) electrons. The summed E-state index contributed by atoms with van der Waals surface area (Å²) in [5, 5.41) is 11.1. The van der Waals surface area contributed by atoms with Gasteiger partial charge in [0.05, 0.1) is 7.05 Å². The molecule has 6 heteroatoms. The van der Waals surface area contributed by atoms with Gasteiger partial charge in [-0.2, -0.15) is 4.57 Å². The zero-order valence-corrected chi connectivity index (χ0v) is 15.1. The van der Waals surface area contributed by atoms with E-state index in [-0.39, 0.29) is 17.5 Å². The Morgan fingerprint density at radius 2 is 2.00 bits per heavy atom. The third-order valence-electron chi connectivity index (χ3n) is 5.03. The lowest BCUT2D eigenvalue weighted by atomic mass is 9.97. The molecule has 0 fully saturated rings. The summed E-state index contributed by atoms with van der Waals surface area (Å²) in [6.07, 6.45) is 4.25. The van der Waals surface area contributed by atoms with Crippen LogP contribution in [0.2, 0.25) is 5.15 Å². The Hall–Kier alpha value is -2.66. The smallest absolute Gasteiger partial charge is 0.349 e. The predicted octanol–water partition coefficient (Wildman–Crippen LogP) is 3.02. The number of pyridine rings is 1. The monoisotopic (exact) mass is 368 g/mol. The fourth-order valence-electron chi connectivity index (χ4n) is 3.73. The Morgan fingerprint density at radius 1 is 1.23 bits per heavy atom. The molecule has 0 spiro atoms. The molecule has 1 aromatic carbocycles. The van der Waals surface area contributed by atoms with Crippen molar-refractivity contribution in [2.45, 2.75) is 25.3 Å². The summed E-state index contributed by atoms with van der Waals surface area (Å²) in [6.45, 7) is 0. The lowest BCUT2D eigenvalue weighted by molar-refractivity contribution is -0.690. The first kappa shape index (κ1) is 16.8. The molecule has 1 aliphatic heterocycles. The van der Waals surface area contributed by atoms with Crippen molar-refractivity contribution in [3.05, 3.63) is 75.6 Å². The van der Waals surface area contributed by atoms with E-state index in [1.807, 2.05) is 36.4 Å². The minimum atomic E-state index is -0.179. The van der Waals surface area contributed by atoms with E-state index in [9.17, 15) is 9.90 Å². The first-order valence-corrected chi connectivity index (χ1v) is 8.99. The standard InChI is InChI=1S/C20H18ClN3O2/c1-23-17-9-5-8-15(14-10-11-16(21)22-12-14)24(17)20(26)18(19(23)25)13-6-3-2-4-7-13/h2-4,6-7,10-12,15H,5,8-9H2,1H3/p+1. The second-order valence-electron chi connectivity index (χ2n) is 6.54. The Kier molecular flexibility index (Phi) is 4.24. The molecule has 0 bridgehead atoms. The molecule has 1 unspecified atom stereocenters. The number of halogens is 1. The van der Waals surface area contributed by atoms with Gasteiger partial charge < -0.3 is 5.11 Å². The molecule has 3 heterocycles. The van der Waals surface area contributed by atoms with E-state index < -0.39 is 0 Å². The number of aromatic hydroxyl groups is 1. The summed E-state index contributed by atoms with van der Waals surface area (Å²) < 4.78 is 3.52. The zero-order chi connectivity index (χ0) is 18.3. The van der Waals surface area contributed by atoms with Gasteiger partial charge in [0.25, 0.3) is 11.7 Å². The second kappa shape index (κ2) is 6.57. The molecular formula is C20H19ClN3O2+. The van der Waals surface area contributed by atoms with Crippen LogP contribution in [0.4, 0.5) is 0 Å². The summed E-state index contributed by atoms with van der Waals surface area (Å²) in [7, 11) is 1.80. The van der Waals surface area contributed by atoms with Crippen LogP contribution in [-0.4, -0.2) is 14.7 Å². The highest BCUT2D eigenvalue weighted by Crippen LogP contribution is 2.31. The molecule has 0 aliphatic carbocycles. The van der Waals surface area contributed by atoms with Gasteiger partial charge in [-0.25, -0.2) is 14.3 Å². The topological polar surface area (TPSA) is 59.0 Å². The molecule has 26 heavy (non-hydrogen) atoms. The molecule has 0 saturated heterocycles. The van der Waals surface area contributed by atoms with Crippen molar-refractivity contribution in [1.29, 1.82) is 0 Å². The average Bonchev–Trinajstić information content (AvgIpc) is 2.67. The van der Waals surface area contributed by atoms with E-state index in [4.69, 9.17) is 11.6 Å². The maximum Gasteiger partial charge on any atom is 0.349 e. The summed E-state index contributed by atoms with van der Waals surface area (Å²) in [5.74, 6) is 0.820. The van der Waals surface area contributed by atoms with Gasteiger partial charge in [0, 0.05) is 18.2 Å². The fraction of sp³-hybridized carbons (Fsp3) is 0.250. The molecule has 0 amide bonds. The number of hydrogen-bond acceptors (Lipinski definition) is 3. The van der Waals surface area contributed by atoms with Crippen molar-refractivity contribution < 1.29 is 9.67 Å². The Bertz CT molecular complexity index is 1010. The number of nitrogens with zero attached hydrogens (tertiary/aromatic N) is 3. The quantitative estimate of drug-likeness (QED) is 0.558. The third kappa shape index (κ3) is 2.69. The Labute approximate surface area is 156 Å². The largest absolute Gasteiger partial charge is 0.477 e. The molecule has 4 rings (SSSR count). The van der Waals surface area contributed by atoms with Crippen LogP contribution in [0.1, 0.15) is 30.3 Å². The van der Waals surface area contributed by atoms with E-state index in [2.05, 4.69) is 4.98 Å². The van der Waals surface area contributed by atoms with Gasteiger partial charge in [-0.3, -0.25) is 0 Å². The van der Waals surface area contributed by atoms with E-state index >= 15 is 0 Å². The SMILES string of the molecule is C[n+]1c(O)c(-c2ccccc2)c(=O)n2c1CCCC2c1ccc(Cl)nc1. The van der Waals surface area contributed by atoms with Crippen LogP contribution in [-0.2, 0) is 13.5 Å². The maximum atomic E-state index is 13.4. The summed E-state index contributed by atoms with van der Waals surface area (Å²) in [5.41, 5.74) is 1.80. The number of benzene rings is 1. The lowest BCUT2D eigenvalue weighted by Gasteiger charge is -2.24. The zero-order valence-electron chi connectivity index (χ0n) is 14.4. The molecule has 1 atom stereocenters. The Balaban J connectivity index is 1.98. The normalized spacial score (nSPS) is 16.3. The molecule has 3 aromatic rings. The van der Waals surface area contributed by atoms with Gasteiger partial charge in [-0.05, 0) is 24.5 Å². The van der Waals surface area contributed by atoms with Crippen molar-refractivity contribution in [2.24, 2.45) is 7.05 Å². The predicted molar refractivity (Wildman–Crippen MR) is 99.3 cm³/mol. The van der Waals surface area contributed by atoms with Crippen molar-refractivity contribution in [1.82, 2.24) is 9.55 Å². The lowest BCUT2D eigenvalue weighted by Crippen LogP contribution is -2.47. The average molecular weight is 369 g/mol. The highest BCUT2D eigenvalue weighted by atomic mass is 35.5. The third-order valence-corrected chi connectivity index (χ3v) is 5.25. The number of rotatable bonds is 2. The Morgan fingerprint density at radius 3 is 2.69 bits per heavy atom. The summed E-state index contributed by atoms with van der Waals surface area (Å²) in [6, 6.07) is 12.8. The van der Waals surface area contributed by atoms with E-state index in [1.54, 1.807) is 28.4 Å². The molecule has 132 valence electrons. The highest BCUT2D eigenvalue weighted by Gasteiger charge is 2.35. The van der Waals surface area contributed by atoms with Gasteiger partial charge in [-0.1, -0.05) is 48.0 Å². The van der Waals surface area contributed by atoms with Gasteiger partial charge in [0.1, 0.15) is 11.2 Å². The summed E-state index contributed by atoms with van der Waals surface area (Å²) in [4.78, 5) is 17.6. The van der Waals surface area contributed by atoms with Crippen LogP contribution in [0, 0.1) is 0 Å². The van der Waals surface area contributed by atoms with E-state index in [1.165, 1.54) is 0 Å². The second-order valence-corrected chi connectivity index (χ2v) is 6.92. The van der Waals surface area contributed by atoms with Crippen LogP contribution in [0.3, 0.4) is 0 Å². The fourth-order valence-corrected chi connectivity index (χ4v) is 3.85. The molecule has 2 aromatic heterocycles. The molecule has 1 N–H and O–H groups in total. The molecule has 1 aliphatic rings. The molecule has 0 saturated carbocycles. The first-order chi connectivity index (χ1) is 12.6. The van der Waals surface area contributed by atoms with Crippen LogP contribution < -0.4 is 10.1 Å². The van der Waals surface area contributed by atoms with E-state index in [0.29, 0.717) is 16.3 Å². The minimum Gasteiger partial charge on any atom is -0.477 e. The van der Waals surface area contributed by atoms with Crippen molar-refractivity contribution in [3.8, 4) is 17.0 Å². The molecule has 5 nitrogen and oxygen atoms in total. The number of aromatic nitrogens is 3. The van der Waals surface area contributed by atoms with Gasteiger partial charge in [0.15, 0.2) is 5.56 Å². The first-order valence-electron chi connectivity index (χ1n) is 8.61. The van der Waals surface area contributed by atoms with Crippen molar-refractivity contribution in [2.75, 3.05) is 0 Å². The van der Waals surface area contributed by atoms with Crippen LogP contribution in [0.5, 0.6) is 5.88 Å². The number of hydrogen-bond donors (Lipinski definition) is 1. The van der Waals surface area contributed by atoms with Crippen LogP contribution in [0.25, 0.3) is 11.1 Å². The van der Waals surface area contributed by atoms with Gasteiger partial charge >= 0.3 is 5.56 Å².